The average molecular weight is 397 g/mol. The van der Waals surface area contributed by atoms with Crippen LogP contribution in [-0.2, 0) is 22.3 Å². The molecule has 0 atom stereocenters. The molecule has 1 aromatic carbocycles. The van der Waals surface area contributed by atoms with Crippen LogP contribution in [0.1, 0.15) is 43.2 Å². The third kappa shape index (κ3) is 3.83. The van der Waals surface area contributed by atoms with E-state index >= 15 is 0 Å². The van der Waals surface area contributed by atoms with Gasteiger partial charge >= 0.3 is 12.2 Å². The highest BCUT2D eigenvalue weighted by Crippen LogP contribution is 2.35. The van der Waals surface area contributed by atoms with Gasteiger partial charge in [-0.25, -0.2) is 4.79 Å². The van der Waals surface area contributed by atoms with E-state index < -0.39 is 29.2 Å². The summed E-state index contributed by atoms with van der Waals surface area (Å²) in [5, 5.41) is 2.73. The van der Waals surface area contributed by atoms with Gasteiger partial charge < -0.3 is 10.2 Å². The maximum absolute atomic E-state index is 13.1. The van der Waals surface area contributed by atoms with Gasteiger partial charge in [-0.2, -0.15) is 13.2 Å². The Hall–Kier alpha value is -2.58. The largest absolute Gasteiger partial charge is 0.416 e. The third-order valence-corrected chi connectivity index (χ3v) is 5.41. The third-order valence-electron chi connectivity index (χ3n) is 5.41. The molecular weight excluding hydrogens is 375 g/mol. The SMILES string of the molecule is CN(Cc1ccccc1C(F)(F)F)C(=O)CCN1C(=O)NC2(CCCC2)C1=O. The Bertz CT molecular complexity index is 788. The van der Waals surface area contributed by atoms with Crippen LogP contribution in [0.15, 0.2) is 24.3 Å². The van der Waals surface area contributed by atoms with Crippen LogP contribution in [0.3, 0.4) is 0 Å². The van der Waals surface area contributed by atoms with Gasteiger partial charge in [0.2, 0.25) is 5.91 Å². The summed E-state index contributed by atoms with van der Waals surface area (Å²) in [6.45, 7) is -0.297. The minimum Gasteiger partial charge on any atom is -0.341 e. The smallest absolute Gasteiger partial charge is 0.341 e. The standard InChI is InChI=1S/C19H22F3N3O3/c1-24(12-13-6-2-3-7-14(13)19(20,21)22)15(26)8-11-25-16(27)18(23-17(25)28)9-4-5-10-18/h2-3,6-7H,4-5,8-12H2,1H3,(H,23,28). The fourth-order valence-corrected chi connectivity index (χ4v) is 3.87. The monoisotopic (exact) mass is 397 g/mol. The number of amides is 4. The van der Waals surface area contributed by atoms with E-state index in [2.05, 4.69) is 5.32 Å². The van der Waals surface area contributed by atoms with E-state index in [0.717, 1.165) is 23.8 Å². The lowest BCUT2D eigenvalue weighted by atomic mass is 9.98. The van der Waals surface area contributed by atoms with Crippen molar-refractivity contribution in [3.63, 3.8) is 0 Å². The van der Waals surface area contributed by atoms with Crippen molar-refractivity contribution >= 4 is 17.8 Å². The summed E-state index contributed by atoms with van der Waals surface area (Å²) >= 11 is 0. The lowest BCUT2D eigenvalue weighted by Crippen LogP contribution is -2.44. The van der Waals surface area contributed by atoms with Crippen LogP contribution in [0.25, 0.3) is 0 Å². The second kappa shape index (κ2) is 7.44. The van der Waals surface area contributed by atoms with E-state index in [1.807, 2.05) is 0 Å². The Morgan fingerprint density at radius 2 is 1.86 bits per heavy atom. The van der Waals surface area contributed by atoms with Crippen LogP contribution in [0.2, 0.25) is 0 Å². The van der Waals surface area contributed by atoms with Gasteiger partial charge in [0.05, 0.1) is 5.56 Å². The summed E-state index contributed by atoms with van der Waals surface area (Å²) < 4.78 is 39.3. The Morgan fingerprint density at radius 1 is 1.21 bits per heavy atom. The first-order valence-electron chi connectivity index (χ1n) is 9.17. The van der Waals surface area contributed by atoms with Crippen molar-refractivity contribution in [2.24, 2.45) is 0 Å². The normalized spacial score (nSPS) is 18.6. The van der Waals surface area contributed by atoms with Gasteiger partial charge in [0, 0.05) is 26.6 Å². The van der Waals surface area contributed by atoms with Crippen molar-refractivity contribution in [2.45, 2.75) is 50.4 Å². The summed E-state index contributed by atoms with van der Waals surface area (Å²) in [6.07, 6.45) is -1.73. The molecule has 2 fully saturated rings. The van der Waals surface area contributed by atoms with E-state index in [0.29, 0.717) is 12.8 Å². The molecule has 2 aliphatic rings. The average Bonchev–Trinajstić information content (AvgIpc) is 3.18. The molecule has 28 heavy (non-hydrogen) atoms. The fraction of sp³-hybridized carbons (Fsp3) is 0.526. The summed E-state index contributed by atoms with van der Waals surface area (Å²) in [7, 11) is 1.40. The Labute approximate surface area is 160 Å². The van der Waals surface area contributed by atoms with Gasteiger partial charge in [0.25, 0.3) is 5.91 Å². The minimum absolute atomic E-state index is 0.00856. The first-order valence-corrected chi connectivity index (χ1v) is 9.17. The molecule has 1 spiro atoms. The zero-order valence-electron chi connectivity index (χ0n) is 15.5. The summed E-state index contributed by atoms with van der Waals surface area (Å²) in [5.41, 5.74) is -1.63. The molecule has 152 valence electrons. The number of hydrogen-bond donors (Lipinski definition) is 1. The molecule has 6 nitrogen and oxygen atoms in total. The molecule has 3 rings (SSSR count). The molecule has 1 heterocycles. The first-order chi connectivity index (χ1) is 13.1. The van der Waals surface area contributed by atoms with E-state index in [1.54, 1.807) is 0 Å². The predicted octanol–water partition coefficient (Wildman–Crippen LogP) is 2.92. The Kier molecular flexibility index (Phi) is 5.36. The van der Waals surface area contributed by atoms with Crippen LogP contribution in [-0.4, -0.2) is 46.8 Å². The van der Waals surface area contributed by atoms with Crippen molar-refractivity contribution in [3.8, 4) is 0 Å². The topological polar surface area (TPSA) is 69.7 Å². The van der Waals surface area contributed by atoms with Crippen LogP contribution >= 0.6 is 0 Å². The number of rotatable bonds is 5. The van der Waals surface area contributed by atoms with Gasteiger partial charge in [-0.3, -0.25) is 14.5 Å². The van der Waals surface area contributed by atoms with Crippen molar-refractivity contribution in [1.29, 1.82) is 0 Å². The molecule has 0 aromatic heterocycles. The van der Waals surface area contributed by atoms with Crippen LogP contribution < -0.4 is 5.32 Å². The molecule has 1 saturated carbocycles. The molecule has 0 bridgehead atoms. The number of halogens is 3. The Balaban J connectivity index is 1.60. The summed E-state index contributed by atoms with van der Waals surface area (Å²) in [4.78, 5) is 39.3. The number of carbonyl (C=O) groups is 3. The first kappa shape index (κ1) is 20.2. The van der Waals surface area contributed by atoms with Crippen molar-refractivity contribution in [3.05, 3.63) is 35.4 Å². The number of benzene rings is 1. The number of alkyl halides is 3. The molecule has 4 amide bonds. The maximum Gasteiger partial charge on any atom is 0.416 e. The number of hydrogen-bond acceptors (Lipinski definition) is 3. The van der Waals surface area contributed by atoms with Gasteiger partial charge in [0.15, 0.2) is 0 Å². The van der Waals surface area contributed by atoms with E-state index in [4.69, 9.17) is 0 Å². The second-order valence-corrected chi connectivity index (χ2v) is 7.33. The minimum atomic E-state index is -4.50. The fourth-order valence-electron chi connectivity index (χ4n) is 3.87. The number of imide groups is 1. The van der Waals surface area contributed by atoms with Gasteiger partial charge in [0.1, 0.15) is 5.54 Å². The lowest BCUT2D eigenvalue weighted by molar-refractivity contribution is -0.140. The van der Waals surface area contributed by atoms with Gasteiger partial charge in [-0.1, -0.05) is 31.0 Å². The van der Waals surface area contributed by atoms with Crippen LogP contribution in [0, 0.1) is 0 Å². The molecule has 1 aromatic rings. The van der Waals surface area contributed by atoms with Gasteiger partial charge in [-0.05, 0) is 24.5 Å². The highest BCUT2D eigenvalue weighted by atomic mass is 19.4. The molecule has 1 aliphatic heterocycles. The molecule has 0 unspecified atom stereocenters. The molecule has 1 N–H and O–H groups in total. The summed E-state index contributed by atoms with van der Waals surface area (Å²) in [6, 6.07) is 4.57. The maximum atomic E-state index is 13.1. The highest BCUT2D eigenvalue weighted by molar-refractivity contribution is 6.07. The molecular formula is C19H22F3N3O3. The predicted molar refractivity (Wildman–Crippen MR) is 94.0 cm³/mol. The molecule has 1 saturated heterocycles. The highest BCUT2D eigenvalue weighted by Gasteiger charge is 2.52. The summed E-state index contributed by atoms with van der Waals surface area (Å²) in [5.74, 6) is -0.752. The van der Waals surface area contributed by atoms with Crippen molar-refractivity contribution in [2.75, 3.05) is 13.6 Å². The molecule has 0 radical (unpaired) electrons. The zero-order chi connectivity index (χ0) is 20.5. The lowest BCUT2D eigenvalue weighted by Gasteiger charge is -2.22. The second-order valence-electron chi connectivity index (χ2n) is 7.33. The van der Waals surface area contributed by atoms with Crippen LogP contribution in [0.5, 0.6) is 0 Å². The number of nitrogens with one attached hydrogen (secondary N) is 1. The number of carbonyl (C=O) groups excluding carboxylic acids is 3. The molecule has 1 aliphatic carbocycles. The van der Waals surface area contributed by atoms with Crippen molar-refractivity contribution in [1.82, 2.24) is 15.1 Å². The van der Waals surface area contributed by atoms with Gasteiger partial charge in [-0.15, -0.1) is 0 Å². The number of urea groups is 1. The molecule has 9 heteroatoms. The van der Waals surface area contributed by atoms with Crippen molar-refractivity contribution < 1.29 is 27.6 Å². The van der Waals surface area contributed by atoms with E-state index in [1.165, 1.54) is 30.1 Å². The zero-order valence-corrected chi connectivity index (χ0v) is 15.5. The van der Waals surface area contributed by atoms with E-state index in [9.17, 15) is 27.6 Å². The quantitative estimate of drug-likeness (QED) is 0.777. The number of nitrogens with zero attached hydrogens (tertiary/aromatic N) is 2. The Morgan fingerprint density at radius 3 is 2.50 bits per heavy atom. The van der Waals surface area contributed by atoms with E-state index in [-0.39, 0.29) is 31.0 Å². The van der Waals surface area contributed by atoms with Crippen LogP contribution in [0.4, 0.5) is 18.0 Å².